The van der Waals surface area contributed by atoms with Crippen molar-refractivity contribution in [2.45, 2.75) is 20.4 Å². The lowest BCUT2D eigenvalue weighted by Crippen LogP contribution is -2.48. The summed E-state index contributed by atoms with van der Waals surface area (Å²) in [6, 6.07) is 9.22. The highest BCUT2D eigenvalue weighted by molar-refractivity contribution is 5.92. The Kier molecular flexibility index (Phi) is 6.08. The molecule has 1 N–H and O–H groups in total. The summed E-state index contributed by atoms with van der Waals surface area (Å²) in [7, 11) is 1.60. The zero-order valence-corrected chi connectivity index (χ0v) is 16.4. The van der Waals surface area contributed by atoms with Crippen molar-refractivity contribution in [3.63, 3.8) is 0 Å². The summed E-state index contributed by atoms with van der Waals surface area (Å²) < 4.78 is 5.31. The number of ether oxygens (including phenoxy) is 1. The molecule has 3 rings (SSSR count). The molecule has 1 aliphatic rings. The molecule has 0 unspecified atom stereocenters. The maximum atomic E-state index is 12.6. The molecular formula is C20H25N5O3. The lowest BCUT2D eigenvalue weighted by Gasteiger charge is -2.34. The van der Waals surface area contributed by atoms with E-state index in [0.717, 1.165) is 17.0 Å². The zero-order chi connectivity index (χ0) is 20.1. The Morgan fingerprint density at radius 1 is 1.14 bits per heavy atom. The first-order chi connectivity index (χ1) is 13.5. The number of nitrogens with one attached hydrogen (secondary N) is 1. The minimum absolute atomic E-state index is 0.0706. The predicted octanol–water partition coefficient (Wildman–Crippen LogP) is 1.39. The van der Waals surface area contributed by atoms with Gasteiger partial charge in [-0.25, -0.2) is 9.97 Å². The first kappa shape index (κ1) is 19.6. The maximum absolute atomic E-state index is 12.6. The number of nitrogens with zero attached hydrogens (tertiary/aromatic N) is 4. The molecule has 1 fully saturated rings. The Morgan fingerprint density at radius 2 is 1.86 bits per heavy atom. The van der Waals surface area contributed by atoms with Crippen LogP contribution in [0, 0.1) is 6.92 Å². The summed E-state index contributed by atoms with van der Waals surface area (Å²) in [4.78, 5) is 36.8. The second-order valence-electron chi connectivity index (χ2n) is 6.68. The summed E-state index contributed by atoms with van der Waals surface area (Å²) in [5, 5.41) is 2.89. The number of rotatable bonds is 5. The van der Waals surface area contributed by atoms with Crippen molar-refractivity contribution >= 4 is 17.8 Å². The van der Waals surface area contributed by atoms with Crippen LogP contribution in [0.2, 0.25) is 0 Å². The van der Waals surface area contributed by atoms with E-state index in [-0.39, 0.29) is 11.8 Å². The minimum atomic E-state index is -0.264. The molecule has 1 saturated heterocycles. The molecular weight excluding hydrogens is 358 g/mol. The monoisotopic (exact) mass is 383 g/mol. The molecule has 2 aromatic rings. The molecule has 1 aromatic carbocycles. The Labute approximate surface area is 164 Å². The number of anilines is 1. The number of aryl methyl sites for hydroxylation is 1. The zero-order valence-electron chi connectivity index (χ0n) is 16.4. The number of benzene rings is 1. The average molecular weight is 383 g/mol. The van der Waals surface area contributed by atoms with Gasteiger partial charge in [0.25, 0.3) is 5.91 Å². The lowest BCUT2D eigenvalue weighted by atomic mass is 10.2. The first-order valence-corrected chi connectivity index (χ1v) is 9.24. The summed E-state index contributed by atoms with van der Waals surface area (Å²) in [6.45, 7) is 6.30. The summed E-state index contributed by atoms with van der Waals surface area (Å²) in [5.41, 5.74) is 1.94. The second-order valence-corrected chi connectivity index (χ2v) is 6.68. The largest absolute Gasteiger partial charge is 0.496 e. The van der Waals surface area contributed by atoms with Crippen LogP contribution in [0.15, 0.2) is 30.3 Å². The molecule has 0 atom stereocenters. The highest BCUT2D eigenvalue weighted by Gasteiger charge is 2.22. The summed E-state index contributed by atoms with van der Waals surface area (Å²) in [5.74, 6) is 1.05. The number of piperazine rings is 1. The number of methoxy groups -OCH3 is 1. The van der Waals surface area contributed by atoms with Crippen molar-refractivity contribution < 1.29 is 14.3 Å². The van der Waals surface area contributed by atoms with Gasteiger partial charge in [-0.15, -0.1) is 0 Å². The molecule has 0 radical (unpaired) electrons. The van der Waals surface area contributed by atoms with Crippen molar-refractivity contribution in [3.05, 3.63) is 47.3 Å². The standard InChI is InChI=1S/C20H25N5O3/c1-14-12-17(19(27)21-13-16-6-4-5-7-18(16)28-3)23-20(22-14)25-10-8-24(9-11-25)15(2)26/h4-7,12H,8-11,13H2,1-3H3,(H,21,27). The van der Waals surface area contributed by atoms with Crippen LogP contribution in [-0.4, -0.2) is 60.0 Å². The van der Waals surface area contributed by atoms with E-state index in [1.807, 2.05) is 36.1 Å². The number of aromatic nitrogens is 2. The Hall–Kier alpha value is -3.16. The molecule has 0 saturated carbocycles. The molecule has 1 aromatic heterocycles. The van der Waals surface area contributed by atoms with E-state index >= 15 is 0 Å². The fourth-order valence-electron chi connectivity index (χ4n) is 3.15. The van der Waals surface area contributed by atoms with Crippen LogP contribution < -0.4 is 15.0 Å². The van der Waals surface area contributed by atoms with E-state index < -0.39 is 0 Å². The molecule has 148 valence electrons. The lowest BCUT2D eigenvalue weighted by molar-refractivity contribution is -0.129. The van der Waals surface area contributed by atoms with Crippen LogP contribution >= 0.6 is 0 Å². The number of para-hydroxylation sites is 1. The van der Waals surface area contributed by atoms with Crippen molar-refractivity contribution in [2.24, 2.45) is 0 Å². The fraction of sp³-hybridized carbons (Fsp3) is 0.400. The second kappa shape index (κ2) is 8.69. The smallest absolute Gasteiger partial charge is 0.270 e. The Morgan fingerprint density at radius 3 is 2.54 bits per heavy atom. The van der Waals surface area contributed by atoms with Gasteiger partial charge in [-0.1, -0.05) is 18.2 Å². The van der Waals surface area contributed by atoms with Gasteiger partial charge in [0.1, 0.15) is 11.4 Å². The SMILES string of the molecule is COc1ccccc1CNC(=O)c1cc(C)nc(N2CCN(C(C)=O)CC2)n1. The molecule has 8 nitrogen and oxygen atoms in total. The quantitative estimate of drug-likeness (QED) is 0.840. The highest BCUT2D eigenvalue weighted by atomic mass is 16.5. The Bertz CT molecular complexity index is 863. The van der Waals surface area contributed by atoms with Gasteiger partial charge in [-0.3, -0.25) is 9.59 Å². The van der Waals surface area contributed by atoms with E-state index in [4.69, 9.17) is 4.74 Å². The number of carbonyl (C=O) groups excluding carboxylic acids is 2. The maximum Gasteiger partial charge on any atom is 0.270 e. The Balaban J connectivity index is 1.69. The van der Waals surface area contributed by atoms with Gasteiger partial charge in [0, 0.05) is 50.9 Å². The van der Waals surface area contributed by atoms with Gasteiger partial charge in [-0.05, 0) is 19.1 Å². The molecule has 0 bridgehead atoms. The number of hydrogen-bond donors (Lipinski definition) is 1. The molecule has 1 aliphatic heterocycles. The molecule has 0 aliphatic carbocycles. The van der Waals surface area contributed by atoms with Crippen molar-refractivity contribution in [3.8, 4) is 5.75 Å². The van der Waals surface area contributed by atoms with Crippen LogP contribution in [0.3, 0.4) is 0 Å². The number of amides is 2. The van der Waals surface area contributed by atoms with Gasteiger partial charge in [0.15, 0.2) is 0 Å². The topological polar surface area (TPSA) is 87.7 Å². The predicted molar refractivity (Wildman–Crippen MR) is 105 cm³/mol. The van der Waals surface area contributed by atoms with Crippen molar-refractivity contribution in [1.29, 1.82) is 0 Å². The van der Waals surface area contributed by atoms with Gasteiger partial charge in [0.2, 0.25) is 11.9 Å². The summed E-state index contributed by atoms with van der Waals surface area (Å²) in [6.07, 6.45) is 0. The van der Waals surface area contributed by atoms with E-state index in [0.29, 0.717) is 44.4 Å². The van der Waals surface area contributed by atoms with Crippen LogP contribution in [0.4, 0.5) is 5.95 Å². The van der Waals surface area contributed by atoms with Gasteiger partial charge < -0.3 is 19.9 Å². The molecule has 2 amide bonds. The minimum Gasteiger partial charge on any atom is -0.496 e. The molecule has 8 heteroatoms. The van der Waals surface area contributed by atoms with E-state index in [9.17, 15) is 9.59 Å². The first-order valence-electron chi connectivity index (χ1n) is 9.24. The van der Waals surface area contributed by atoms with E-state index in [1.54, 1.807) is 25.0 Å². The summed E-state index contributed by atoms with van der Waals surface area (Å²) >= 11 is 0. The fourth-order valence-corrected chi connectivity index (χ4v) is 3.15. The van der Waals surface area contributed by atoms with Crippen molar-refractivity contribution in [1.82, 2.24) is 20.2 Å². The number of hydrogen-bond acceptors (Lipinski definition) is 6. The van der Waals surface area contributed by atoms with Crippen LogP contribution in [0.5, 0.6) is 5.75 Å². The molecule has 0 spiro atoms. The molecule has 28 heavy (non-hydrogen) atoms. The van der Waals surface area contributed by atoms with Crippen LogP contribution in [0.1, 0.15) is 28.7 Å². The third kappa shape index (κ3) is 4.57. The average Bonchev–Trinajstić information content (AvgIpc) is 2.71. The third-order valence-electron chi connectivity index (χ3n) is 4.71. The molecule has 2 heterocycles. The highest BCUT2D eigenvalue weighted by Crippen LogP contribution is 2.17. The third-order valence-corrected chi connectivity index (χ3v) is 4.71. The van der Waals surface area contributed by atoms with Crippen LogP contribution in [-0.2, 0) is 11.3 Å². The van der Waals surface area contributed by atoms with Crippen molar-refractivity contribution in [2.75, 3.05) is 38.2 Å². The van der Waals surface area contributed by atoms with E-state index in [2.05, 4.69) is 15.3 Å². The van der Waals surface area contributed by atoms with Gasteiger partial charge >= 0.3 is 0 Å². The normalized spacial score (nSPS) is 14.0. The van der Waals surface area contributed by atoms with E-state index in [1.165, 1.54) is 0 Å². The van der Waals surface area contributed by atoms with Gasteiger partial charge in [0.05, 0.1) is 7.11 Å². The number of carbonyl (C=O) groups is 2. The van der Waals surface area contributed by atoms with Crippen LogP contribution in [0.25, 0.3) is 0 Å². The van der Waals surface area contributed by atoms with Gasteiger partial charge in [-0.2, -0.15) is 0 Å².